The first-order valence-electron chi connectivity index (χ1n) is 16.2. The van der Waals surface area contributed by atoms with E-state index in [9.17, 15) is 19.8 Å². The van der Waals surface area contributed by atoms with E-state index in [-0.39, 0.29) is 49.2 Å². The predicted octanol–water partition coefficient (Wildman–Crippen LogP) is 5.59. The molecule has 12 nitrogen and oxygen atoms in total. The minimum absolute atomic E-state index is 0.0386. The zero-order valence-corrected chi connectivity index (χ0v) is 28.1. The monoisotopic (exact) mass is 695 g/mol. The molecule has 1 saturated heterocycles. The van der Waals surface area contributed by atoms with Gasteiger partial charge in [0.25, 0.3) is 0 Å². The quantitative estimate of drug-likeness (QED) is 0.113. The van der Waals surface area contributed by atoms with Crippen LogP contribution in [0.3, 0.4) is 0 Å². The van der Waals surface area contributed by atoms with Crippen molar-refractivity contribution in [3.63, 3.8) is 0 Å². The summed E-state index contributed by atoms with van der Waals surface area (Å²) in [4.78, 5) is 22.8. The van der Waals surface area contributed by atoms with Gasteiger partial charge in [-0.25, -0.2) is 0 Å². The molecule has 4 aromatic carbocycles. The molecular formula is C37H37N5O7S. The number of aliphatic hydroxyl groups excluding tert-OH is 1. The van der Waals surface area contributed by atoms with Crippen LogP contribution >= 0.6 is 11.8 Å². The molecule has 50 heavy (non-hydrogen) atoms. The number of amides is 1. The number of ether oxygens (including phenoxy) is 2. The van der Waals surface area contributed by atoms with Gasteiger partial charge in [0.1, 0.15) is 5.75 Å². The fourth-order valence-electron chi connectivity index (χ4n) is 5.69. The van der Waals surface area contributed by atoms with Crippen molar-refractivity contribution >= 4 is 23.6 Å². The average Bonchev–Trinajstić information content (AvgIpc) is 3.62. The molecule has 1 fully saturated rings. The standard InChI is InChI=1S/C37H37N5O7S/c1-23-32(22-50-37-39-40-41-42(37)30-13-15-31(44)16-14-30)48-36(49-35(23)27-7-5-24(21-43)6-8-27)28-11-9-26(10-12-28)29-4-2-3-25(19-29)20-38-33(45)17-18-34(46)47/h2-16,19,23,32,35-36,43-44H,17-18,20-22H2,1H3,(H,38,45)(H,46,47)/t23-,32+,35+,36+/m0/s1. The highest BCUT2D eigenvalue weighted by Gasteiger charge is 2.38. The van der Waals surface area contributed by atoms with Gasteiger partial charge in [-0.1, -0.05) is 85.4 Å². The summed E-state index contributed by atoms with van der Waals surface area (Å²) in [5.41, 5.74) is 6.21. The van der Waals surface area contributed by atoms with Crippen molar-refractivity contribution in [3.8, 4) is 22.6 Å². The molecule has 4 N–H and O–H groups in total. The van der Waals surface area contributed by atoms with E-state index in [1.54, 1.807) is 28.9 Å². The van der Waals surface area contributed by atoms with E-state index in [4.69, 9.17) is 14.6 Å². The van der Waals surface area contributed by atoms with Crippen LogP contribution in [0.2, 0.25) is 0 Å². The molecular weight excluding hydrogens is 659 g/mol. The first-order valence-corrected chi connectivity index (χ1v) is 17.1. The van der Waals surface area contributed by atoms with Crippen molar-refractivity contribution in [2.75, 3.05) is 5.75 Å². The Morgan fingerprint density at radius 3 is 2.34 bits per heavy atom. The Balaban J connectivity index is 1.19. The number of aromatic hydroxyl groups is 1. The Kier molecular flexibility index (Phi) is 11.2. The Morgan fingerprint density at radius 1 is 0.880 bits per heavy atom. The van der Waals surface area contributed by atoms with Gasteiger partial charge >= 0.3 is 5.97 Å². The number of benzene rings is 4. The van der Waals surface area contributed by atoms with Crippen molar-refractivity contribution < 1.29 is 34.4 Å². The van der Waals surface area contributed by atoms with Gasteiger partial charge in [-0.15, -0.1) is 5.10 Å². The lowest BCUT2D eigenvalue weighted by Gasteiger charge is -2.41. The molecule has 0 spiro atoms. The molecule has 1 aliphatic heterocycles. The van der Waals surface area contributed by atoms with Crippen molar-refractivity contribution in [1.29, 1.82) is 0 Å². The molecule has 13 heteroatoms. The van der Waals surface area contributed by atoms with Crippen LogP contribution in [-0.4, -0.2) is 59.3 Å². The van der Waals surface area contributed by atoms with E-state index < -0.39 is 12.3 Å². The van der Waals surface area contributed by atoms with Gasteiger partial charge in [0, 0.05) is 30.2 Å². The summed E-state index contributed by atoms with van der Waals surface area (Å²) in [6.45, 7) is 2.35. The maximum atomic E-state index is 12.0. The van der Waals surface area contributed by atoms with Gasteiger partial charge in [-0.05, 0) is 68.6 Å². The lowest BCUT2D eigenvalue weighted by Crippen LogP contribution is -2.38. The normalized spacial score (nSPS) is 18.8. The lowest BCUT2D eigenvalue weighted by atomic mass is 9.91. The predicted molar refractivity (Wildman–Crippen MR) is 185 cm³/mol. The molecule has 1 aromatic heterocycles. The van der Waals surface area contributed by atoms with E-state index >= 15 is 0 Å². The van der Waals surface area contributed by atoms with Crippen LogP contribution in [0, 0.1) is 5.92 Å². The summed E-state index contributed by atoms with van der Waals surface area (Å²) in [5.74, 6) is -0.649. The van der Waals surface area contributed by atoms with Crippen LogP contribution in [0.25, 0.3) is 16.8 Å². The molecule has 0 bridgehead atoms. The summed E-state index contributed by atoms with van der Waals surface area (Å²) < 4.78 is 14.9. The zero-order valence-electron chi connectivity index (χ0n) is 27.3. The largest absolute Gasteiger partial charge is 0.508 e. The van der Waals surface area contributed by atoms with Gasteiger partial charge in [0.05, 0.1) is 30.9 Å². The molecule has 1 amide bonds. The van der Waals surface area contributed by atoms with Crippen LogP contribution in [0.5, 0.6) is 5.75 Å². The Hall–Kier alpha value is -5.08. The van der Waals surface area contributed by atoms with Crippen LogP contribution in [0.4, 0.5) is 0 Å². The Bertz CT molecular complexity index is 1900. The number of phenols is 1. The van der Waals surface area contributed by atoms with Crippen molar-refractivity contribution in [1.82, 2.24) is 25.5 Å². The second-order valence-corrected chi connectivity index (χ2v) is 13.0. The molecule has 6 rings (SSSR count). The zero-order chi connectivity index (χ0) is 35.0. The average molecular weight is 696 g/mol. The smallest absolute Gasteiger partial charge is 0.303 e. The number of nitrogens with one attached hydrogen (secondary N) is 1. The number of thioether (sulfide) groups is 1. The maximum absolute atomic E-state index is 12.0. The van der Waals surface area contributed by atoms with Crippen molar-refractivity contribution in [3.05, 3.63) is 119 Å². The third-order valence-electron chi connectivity index (χ3n) is 8.53. The van der Waals surface area contributed by atoms with Crippen LogP contribution < -0.4 is 5.32 Å². The number of carboxylic acids is 1. The minimum Gasteiger partial charge on any atom is -0.508 e. The number of rotatable bonds is 13. The van der Waals surface area contributed by atoms with Gasteiger partial charge in [0.15, 0.2) is 6.29 Å². The summed E-state index contributed by atoms with van der Waals surface area (Å²) in [6.07, 6.45) is -1.46. The molecule has 4 atom stereocenters. The number of aromatic nitrogens is 4. The number of hydrogen-bond donors (Lipinski definition) is 4. The first-order chi connectivity index (χ1) is 24.3. The number of aliphatic hydroxyl groups is 1. The summed E-state index contributed by atoms with van der Waals surface area (Å²) in [5, 5.41) is 43.7. The number of nitrogens with zero attached hydrogens (tertiary/aromatic N) is 4. The van der Waals surface area contributed by atoms with Gasteiger partial charge < -0.3 is 30.1 Å². The van der Waals surface area contributed by atoms with Crippen LogP contribution in [0.1, 0.15) is 54.4 Å². The van der Waals surface area contributed by atoms with Crippen LogP contribution in [0.15, 0.2) is 102 Å². The molecule has 0 saturated carbocycles. The fourth-order valence-corrected chi connectivity index (χ4v) is 6.75. The topological polar surface area (TPSA) is 169 Å². The minimum atomic E-state index is -1.00. The second kappa shape index (κ2) is 16.1. The SMILES string of the molecule is C[C@H]1[C@@H](CSc2nnnn2-c2ccc(O)cc2)O[C@@H](c2ccc(-c3cccc(CNC(=O)CCC(=O)O)c3)cc2)O[C@H]1c1ccc(CO)cc1. The highest BCUT2D eigenvalue weighted by Crippen LogP contribution is 2.43. The Morgan fingerprint density at radius 2 is 1.62 bits per heavy atom. The van der Waals surface area contributed by atoms with E-state index in [1.807, 2.05) is 72.8 Å². The van der Waals surface area contributed by atoms with E-state index in [0.717, 1.165) is 39.1 Å². The molecule has 0 radical (unpaired) electrons. The van der Waals surface area contributed by atoms with E-state index in [1.165, 1.54) is 11.8 Å². The third-order valence-corrected chi connectivity index (χ3v) is 9.54. The maximum Gasteiger partial charge on any atom is 0.303 e. The van der Waals surface area contributed by atoms with Crippen molar-refractivity contribution in [2.24, 2.45) is 5.92 Å². The number of carboxylic acid groups (broad SMARTS) is 1. The number of hydrogen-bond acceptors (Lipinski definition) is 10. The Labute approximate surface area is 293 Å². The molecule has 0 aliphatic carbocycles. The third kappa shape index (κ3) is 8.55. The first kappa shape index (κ1) is 34.8. The molecule has 1 aliphatic rings. The second-order valence-electron chi connectivity index (χ2n) is 12.0. The number of tetrazole rings is 1. The number of aliphatic carboxylic acids is 1. The number of carbonyl (C=O) groups is 2. The molecule has 0 unspecified atom stereocenters. The van der Waals surface area contributed by atoms with E-state index in [2.05, 4.69) is 27.8 Å². The molecule has 5 aromatic rings. The van der Waals surface area contributed by atoms with E-state index in [0.29, 0.717) is 17.5 Å². The van der Waals surface area contributed by atoms with Crippen molar-refractivity contribution in [2.45, 2.75) is 56.6 Å². The number of phenolic OH excluding ortho intramolecular Hbond substituents is 1. The highest BCUT2D eigenvalue weighted by molar-refractivity contribution is 7.99. The highest BCUT2D eigenvalue weighted by atomic mass is 32.2. The fraction of sp³-hybridized carbons (Fsp3) is 0.270. The molecule has 2 heterocycles. The van der Waals surface area contributed by atoms with Gasteiger partial charge in [-0.2, -0.15) is 4.68 Å². The lowest BCUT2D eigenvalue weighted by molar-refractivity contribution is -0.268. The van der Waals surface area contributed by atoms with Gasteiger partial charge in [-0.3, -0.25) is 9.59 Å². The van der Waals surface area contributed by atoms with Crippen LogP contribution in [-0.2, 0) is 32.2 Å². The van der Waals surface area contributed by atoms with Gasteiger partial charge in [0.2, 0.25) is 11.1 Å². The summed E-state index contributed by atoms with van der Waals surface area (Å²) in [7, 11) is 0. The molecule has 258 valence electrons. The number of carbonyl (C=O) groups excluding carboxylic acids is 1. The summed E-state index contributed by atoms with van der Waals surface area (Å²) in [6, 6.07) is 30.2. The summed E-state index contributed by atoms with van der Waals surface area (Å²) >= 11 is 1.47.